The molecule has 0 saturated heterocycles. The highest BCUT2D eigenvalue weighted by Gasteiger charge is 2.36. The minimum atomic E-state index is -1.17. The van der Waals surface area contributed by atoms with Crippen molar-refractivity contribution < 1.29 is 28.4 Å². The number of nitriles is 1. The molecule has 1 amide bonds. The largest absolute Gasteiger partial charge is 0.599 e. The van der Waals surface area contributed by atoms with E-state index in [2.05, 4.69) is 57.3 Å². The van der Waals surface area contributed by atoms with Crippen molar-refractivity contribution in [2.24, 2.45) is 4.99 Å². The van der Waals surface area contributed by atoms with Gasteiger partial charge < -0.3 is 33.4 Å². The van der Waals surface area contributed by atoms with Crippen molar-refractivity contribution in [2.75, 3.05) is 84.1 Å². The van der Waals surface area contributed by atoms with E-state index in [1.807, 2.05) is 18.2 Å². The molecule has 0 spiro atoms. The second kappa shape index (κ2) is 22.1. The van der Waals surface area contributed by atoms with Crippen LogP contribution in [-0.2, 0) is 39.5 Å². The first-order valence-electron chi connectivity index (χ1n) is 24.2. The SMILES string of the molecule is CCCN(CCC)P(OCCC#N)OCCCCCCN=C([O-])OCCN(C)C(=O)c1ccccc1C1=c2cc3c4c(c2Oc2c1cc1c5c2CCCN5CCC1)CCC[N+]=4CCC3. The Hall–Kier alpha value is -4.53. The molecule has 0 aromatic heterocycles. The summed E-state index contributed by atoms with van der Waals surface area (Å²) in [4.78, 5) is 22.9. The fourth-order valence-electron chi connectivity index (χ4n) is 10.4. The molecule has 5 heterocycles. The van der Waals surface area contributed by atoms with E-state index in [1.54, 1.807) is 11.9 Å². The average Bonchev–Trinajstić information content (AvgIpc) is 3.31. The Labute approximate surface area is 381 Å². The number of rotatable bonds is 21. The zero-order valence-electron chi connectivity index (χ0n) is 38.4. The molecule has 3 aromatic carbocycles. The van der Waals surface area contributed by atoms with Crippen molar-refractivity contribution in [1.29, 1.82) is 5.26 Å². The lowest BCUT2D eigenvalue weighted by Gasteiger charge is -2.39. The first kappa shape index (κ1) is 46.0. The normalized spacial score (nSPS) is 16.6. The number of aliphatic imine (C=N–C) groups is 1. The van der Waals surface area contributed by atoms with E-state index < -0.39 is 14.6 Å². The van der Waals surface area contributed by atoms with Gasteiger partial charge in [-0.25, -0.2) is 9.25 Å². The van der Waals surface area contributed by atoms with Gasteiger partial charge in [0.2, 0.25) is 5.36 Å². The van der Waals surface area contributed by atoms with E-state index in [0.29, 0.717) is 31.7 Å². The Bertz CT molecular complexity index is 2350. The average molecular weight is 891 g/mol. The zero-order valence-corrected chi connectivity index (χ0v) is 39.3. The first-order valence-corrected chi connectivity index (χ1v) is 25.3. The number of benzene rings is 3. The summed E-state index contributed by atoms with van der Waals surface area (Å²) in [6.07, 6.45) is 13.9. The van der Waals surface area contributed by atoms with Crippen LogP contribution in [0.4, 0.5) is 5.69 Å². The number of aryl methyl sites for hydroxylation is 2. The fourth-order valence-corrected chi connectivity index (χ4v) is 12.0. The molecule has 64 heavy (non-hydrogen) atoms. The lowest BCUT2D eigenvalue weighted by atomic mass is 9.81. The van der Waals surface area contributed by atoms with E-state index >= 15 is 0 Å². The smallest absolute Gasteiger partial charge is 0.258 e. The molecule has 0 saturated carbocycles. The van der Waals surface area contributed by atoms with E-state index in [9.17, 15) is 9.90 Å². The molecule has 1 atom stereocenters. The quantitative estimate of drug-likeness (QED) is 0.0293. The number of hydrogen-bond acceptors (Lipinski definition) is 10. The van der Waals surface area contributed by atoms with E-state index in [4.69, 9.17) is 23.8 Å². The minimum absolute atomic E-state index is 0.0602. The van der Waals surface area contributed by atoms with Crippen molar-refractivity contribution in [3.05, 3.63) is 85.9 Å². The lowest BCUT2D eigenvalue weighted by Crippen LogP contribution is -2.45. The number of hydrogen-bond donors (Lipinski definition) is 0. The van der Waals surface area contributed by atoms with Crippen molar-refractivity contribution in [2.45, 2.75) is 110 Å². The second-order valence-corrected chi connectivity index (χ2v) is 19.4. The van der Waals surface area contributed by atoms with Crippen LogP contribution in [0, 0.1) is 11.3 Å². The van der Waals surface area contributed by atoms with Gasteiger partial charge >= 0.3 is 0 Å². The van der Waals surface area contributed by atoms with Crippen LogP contribution in [-0.4, -0.2) is 101 Å². The number of fused-ring (bicyclic) bond motifs is 4. The van der Waals surface area contributed by atoms with Gasteiger partial charge in [-0.3, -0.25) is 9.79 Å². The van der Waals surface area contributed by atoms with Crippen LogP contribution in [0.5, 0.6) is 11.5 Å². The number of likely N-dealkylation sites (N-methyl/N-ethyl adjacent to an activating group) is 1. The van der Waals surface area contributed by atoms with Gasteiger partial charge in [0.15, 0.2) is 0 Å². The standard InChI is InChI=1S/C51H67N6O6P/c1-4-25-57(26-5-2)64(62-33-16-23-52)61-32-11-7-6-10-24-53-51(59)60-34-31-54(3)50(58)40-20-9-8-19-39(40)45-43-35-37-17-12-27-55-29-14-21-41(46(37)55)48(43)63-49-42-22-15-30-56-28-13-18-38(47(42)56)36-44(45)49/h8-9,19-20,35-36H,4-7,10-18,21-22,24-34H2,1-3H3. The van der Waals surface area contributed by atoms with Gasteiger partial charge in [-0.2, -0.15) is 5.26 Å². The summed E-state index contributed by atoms with van der Waals surface area (Å²) in [7, 11) is 0.607. The number of carbonyl (C=O) groups excluding carboxylic acids is 1. The minimum Gasteiger partial charge on any atom is -0.599 e. The van der Waals surface area contributed by atoms with Crippen LogP contribution in [0.25, 0.3) is 5.57 Å². The highest BCUT2D eigenvalue weighted by atomic mass is 31.2. The molecule has 0 fully saturated rings. The van der Waals surface area contributed by atoms with E-state index in [0.717, 1.165) is 163 Å². The van der Waals surface area contributed by atoms with Gasteiger partial charge in [0.25, 0.3) is 14.4 Å². The summed E-state index contributed by atoms with van der Waals surface area (Å²) in [6, 6.07) is 14.9. The Balaban J connectivity index is 0.928. The second-order valence-electron chi connectivity index (χ2n) is 17.8. The predicted molar refractivity (Wildman–Crippen MR) is 252 cm³/mol. The molecule has 13 heteroatoms. The zero-order chi connectivity index (χ0) is 44.4. The van der Waals surface area contributed by atoms with Crippen LogP contribution >= 0.6 is 8.53 Å². The van der Waals surface area contributed by atoms with Crippen molar-refractivity contribution in [1.82, 2.24) is 14.1 Å². The van der Waals surface area contributed by atoms with Gasteiger partial charge in [0.05, 0.1) is 31.3 Å². The monoisotopic (exact) mass is 890 g/mol. The van der Waals surface area contributed by atoms with Crippen LogP contribution < -0.4 is 29.9 Å². The number of ether oxygens (including phenoxy) is 2. The molecule has 8 rings (SSSR count). The van der Waals surface area contributed by atoms with Gasteiger partial charge in [0, 0.05) is 104 Å². The van der Waals surface area contributed by atoms with E-state index in [1.165, 1.54) is 33.3 Å². The Morgan fingerprint density at radius 1 is 0.875 bits per heavy atom. The van der Waals surface area contributed by atoms with Crippen LogP contribution in [0.1, 0.15) is 128 Å². The predicted octanol–water partition coefficient (Wildman–Crippen LogP) is 6.78. The van der Waals surface area contributed by atoms with Gasteiger partial charge in [0.1, 0.15) is 30.7 Å². The Morgan fingerprint density at radius 3 is 2.42 bits per heavy atom. The third-order valence-electron chi connectivity index (χ3n) is 13.2. The highest BCUT2D eigenvalue weighted by Crippen LogP contribution is 2.49. The van der Waals surface area contributed by atoms with Crippen molar-refractivity contribution >= 4 is 31.8 Å². The molecule has 0 aliphatic carbocycles. The number of anilines is 1. The molecule has 3 aromatic rings. The third-order valence-corrected chi connectivity index (χ3v) is 14.9. The number of amides is 1. The maximum absolute atomic E-state index is 14.5. The summed E-state index contributed by atoms with van der Waals surface area (Å²) in [5, 5.41) is 24.1. The topological polar surface area (TPSA) is 126 Å². The fraction of sp³-hybridized carbons (Fsp3) is 0.569. The van der Waals surface area contributed by atoms with Crippen LogP contribution in [0.15, 0.2) is 41.4 Å². The summed E-state index contributed by atoms with van der Waals surface area (Å²) in [6.45, 7) is 12.1. The first-order chi connectivity index (χ1) is 31.4. The summed E-state index contributed by atoms with van der Waals surface area (Å²) >= 11 is 0. The molecule has 5 aliphatic rings. The van der Waals surface area contributed by atoms with Crippen LogP contribution in [0.3, 0.4) is 0 Å². The van der Waals surface area contributed by atoms with Crippen molar-refractivity contribution in [3.8, 4) is 17.6 Å². The molecule has 5 aliphatic heterocycles. The third kappa shape index (κ3) is 10.1. The van der Waals surface area contributed by atoms with Crippen molar-refractivity contribution in [3.63, 3.8) is 0 Å². The summed E-state index contributed by atoms with van der Waals surface area (Å²) in [5.74, 6) is 1.83. The highest BCUT2D eigenvalue weighted by molar-refractivity contribution is 7.44. The summed E-state index contributed by atoms with van der Waals surface area (Å²) < 4.78 is 29.7. The van der Waals surface area contributed by atoms with Gasteiger partial charge in [-0.15, -0.1) is 0 Å². The molecule has 342 valence electrons. The van der Waals surface area contributed by atoms with E-state index in [-0.39, 0.29) is 19.1 Å². The maximum atomic E-state index is 14.5. The molecule has 0 radical (unpaired) electrons. The maximum Gasteiger partial charge on any atom is 0.258 e. The number of carbonyl (C=O) groups is 1. The molecular weight excluding hydrogens is 824 g/mol. The number of unbranched alkanes of at least 4 members (excludes halogenated alkanes) is 3. The molecule has 1 unspecified atom stereocenters. The Kier molecular flexibility index (Phi) is 15.9. The van der Waals surface area contributed by atoms with Gasteiger partial charge in [-0.05, 0) is 93.5 Å². The van der Waals surface area contributed by atoms with Crippen LogP contribution in [0.2, 0.25) is 0 Å². The molecule has 0 N–H and O–H groups in total. The molecule has 0 bridgehead atoms. The Morgan fingerprint density at radius 2 is 1.61 bits per heavy atom. The summed E-state index contributed by atoms with van der Waals surface area (Å²) in [5.41, 5.74) is 10.5. The number of nitrogens with zero attached hydrogens (tertiary/aromatic N) is 6. The molecular formula is C51H67N6O6P. The lowest BCUT2D eigenvalue weighted by molar-refractivity contribution is -0.250. The van der Waals surface area contributed by atoms with Gasteiger partial charge in [-0.1, -0.05) is 44.9 Å². The molecule has 12 nitrogen and oxygen atoms in total.